The van der Waals surface area contributed by atoms with E-state index in [-0.39, 0.29) is 11.9 Å². The van der Waals surface area contributed by atoms with Crippen LogP contribution in [-0.2, 0) is 4.79 Å². The Morgan fingerprint density at radius 2 is 2.03 bits per heavy atom. The van der Waals surface area contributed by atoms with E-state index in [1.54, 1.807) is 4.90 Å². The Hall–Kier alpha value is -3.67. The highest BCUT2D eigenvalue weighted by molar-refractivity contribution is 6.08. The highest BCUT2D eigenvalue weighted by Gasteiger charge is 2.29. The van der Waals surface area contributed by atoms with Crippen LogP contribution < -0.4 is 5.32 Å². The number of carbonyl (C=O) groups is 1. The van der Waals surface area contributed by atoms with Crippen LogP contribution in [0, 0.1) is 6.92 Å². The van der Waals surface area contributed by atoms with Crippen molar-refractivity contribution in [3.8, 4) is 11.1 Å². The molecule has 4 aromatic rings. The van der Waals surface area contributed by atoms with Gasteiger partial charge in [0.05, 0.1) is 29.6 Å². The molecule has 3 heterocycles. The van der Waals surface area contributed by atoms with E-state index in [0.29, 0.717) is 13.1 Å². The van der Waals surface area contributed by atoms with Crippen LogP contribution in [0.25, 0.3) is 32.8 Å². The van der Waals surface area contributed by atoms with Crippen LogP contribution in [0.4, 0.5) is 5.69 Å². The molecule has 2 aromatic heterocycles. The number of hydrogen-bond donors (Lipinski definition) is 2. The summed E-state index contributed by atoms with van der Waals surface area (Å²) in [5, 5.41) is 14.1. The van der Waals surface area contributed by atoms with Crippen molar-refractivity contribution in [3.63, 3.8) is 0 Å². The number of carbonyl (C=O) groups excluding carboxylic acids is 1. The van der Waals surface area contributed by atoms with Crippen LogP contribution >= 0.6 is 0 Å². The van der Waals surface area contributed by atoms with Gasteiger partial charge in [-0.25, -0.2) is 0 Å². The third-order valence-corrected chi connectivity index (χ3v) is 5.63. The Morgan fingerprint density at radius 1 is 1.17 bits per heavy atom. The van der Waals surface area contributed by atoms with Crippen LogP contribution in [0.5, 0.6) is 0 Å². The summed E-state index contributed by atoms with van der Waals surface area (Å²) in [5.41, 5.74) is 5.51. The van der Waals surface area contributed by atoms with E-state index in [1.807, 2.05) is 18.6 Å². The molecule has 1 fully saturated rings. The minimum atomic E-state index is -0.0231. The van der Waals surface area contributed by atoms with E-state index in [0.717, 1.165) is 32.9 Å². The molecule has 0 radical (unpaired) electrons. The van der Waals surface area contributed by atoms with Gasteiger partial charge in [0.15, 0.2) is 0 Å². The van der Waals surface area contributed by atoms with Crippen molar-refractivity contribution >= 4 is 33.3 Å². The second kappa shape index (κ2) is 6.74. The zero-order chi connectivity index (χ0) is 20.0. The van der Waals surface area contributed by atoms with Gasteiger partial charge in [-0.1, -0.05) is 30.8 Å². The third-order valence-electron chi connectivity index (χ3n) is 5.63. The molecule has 1 aliphatic heterocycles. The summed E-state index contributed by atoms with van der Waals surface area (Å²) in [4.78, 5) is 18.0. The Morgan fingerprint density at radius 3 is 2.86 bits per heavy atom. The van der Waals surface area contributed by atoms with E-state index in [1.165, 1.54) is 17.2 Å². The van der Waals surface area contributed by atoms with Gasteiger partial charge in [-0.3, -0.25) is 14.9 Å². The van der Waals surface area contributed by atoms with Crippen LogP contribution in [0.1, 0.15) is 5.56 Å². The summed E-state index contributed by atoms with van der Waals surface area (Å²) < 4.78 is 0. The summed E-state index contributed by atoms with van der Waals surface area (Å²) in [7, 11) is 0. The van der Waals surface area contributed by atoms with Gasteiger partial charge in [-0.15, -0.1) is 0 Å². The lowest BCUT2D eigenvalue weighted by Crippen LogP contribution is -2.56. The van der Waals surface area contributed by atoms with Gasteiger partial charge in [0.1, 0.15) is 0 Å². The van der Waals surface area contributed by atoms with Crippen molar-refractivity contribution in [2.24, 2.45) is 0 Å². The molecule has 1 amide bonds. The van der Waals surface area contributed by atoms with Gasteiger partial charge in [0.2, 0.25) is 5.91 Å². The molecule has 0 atom stereocenters. The quantitative estimate of drug-likeness (QED) is 0.524. The topological polar surface area (TPSA) is 73.9 Å². The summed E-state index contributed by atoms with van der Waals surface area (Å²) in [6, 6.07) is 10.7. The predicted molar refractivity (Wildman–Crippen MR) is 116 cm³/mol. The van der Waals surface area contributed by atoms with E-state index in [2.05, 4.69) is 64.3 Å². The van der Waals surface area contributed by atoms with Gasteiger partial charge in [-0.2, -0.15) is 5.10 Å². The minimum Gasteiger partial charge on any atom is -0.377 e. The molecule has 0 spiro atoms. The lowest BCUT2D eigenvalue weighted by atomic mass is 9.93. The maximum absolute atomic E-state index is 11.7. The predicted octanol–water partition coefficient (Wildman–Crippen LogP) is 3.90. The fourth-order valence-corrected chi connectivity index (χ4v) is 4.11. The number of benzene rings is 2. The van der Waals surface area contributed by atoms with Gasteiger partial charge in [-0.05, 0) is 35.8 Å². The van der Waals surface area contributed by atoms with Gasteiger partial charge in [0, 0.05) is 35.4 Å². The van der Waals surface area contributed by atoms with E-state index < -0.39 is 0 Å². The molecule has 1 aliphatic rings. The average molecular weight is 383 g/mol. The number of amides is 1. The van der Waals surface area contributed by atoms with Gasteiger partial charge >= 0.3 is 0 Å². The summed E-state index contributed by atoms with van der Waals surface area (Å²) in [5.74, 6) is -0.0231. The summed E-state index contributed by atoms with van der Waals surface area (Å²) in [6.07, 6.45) is 7.02. The number of likely N-dealkylation sites (tertiary alicyclic amines) is 1. The largest absolute Gasteiger partial charge is 0.377 e. The second-order valence-electron chi connectivity index (χ2n) is 7.47. The molecular weight excluding hydrogens is 362 g/mol. The first-order chi connectivity index (χ1) is 14.2. The average Bonchev–Trinajstić information content (AvgIpc) is 3.18. The standard InChI is InChI=1S/C23H21N5O/c1-3-22(29)28-12-15(13-28)26-21-11-24-9-18-16(21)5-4-6-17(18)23-14(2)7-8-20-19(23)10-25-27-20/h3-11,15,26H,1,12-13H2,2H3,(H,25,27). The molecule has 0 bridgehead atoms. The number of fused-ring (bicyclic) bond motifs is 2. The first-order valence-corrected chi connectivity index (χ1v) is 9.63. The molecule has 2 aromatic carbocycles. The summed E-state index contributed by atoms with van der Waals surface area (Å²) >= 11 is 0. The molecule has 0 saturated carbocycles. The van der Waals surface area contributed by atoms with Crippen molar-refractivity contribution in [2.45, 2.75) is 13.0 Å². The van der Waals surface area contributed by atoms with Crippen molar-refractivity contribution < 1.29 is 4.79 Å². The molecule has 1 saturated heterocycles. The highest BCUT2D eigenvalue weighted by atomic mass is 16.2. The smallest absolute Gasteiger partial charge is 0.246 e. The van der Waals surface area contributed by atoms with E-state index >= 15 is 0 Å². The highest BCUT2D eigenvalue weighted by Crippen LogP contribution is 2.37. The maximum Gasteiger partial charge on any atom is 0.246 e. The SMILES string of the molecule is C=CC(=O)N1CC(Nc2cncc3c(-c4c(C)ccc5[nH]ncc45)cccc23)C1. The van der Waals surface area contributed by atoms with Gasteiger partial charge in [0.25, 0.3) is 0 Å². The molecule has 2 N–H and O–H groups in total. The monoisotopic (exact) mass is 383 g/mol. The molecule has 144 valence electrons. The van der Waals surface area contributed by atoms with Crippen molar-refractivity contribution in [1.82, 2.24) is 20.1 Å². The Balaban J connectivity index is 1.55. The maximum atomic E-state index is 11.7. The minimum absolute atomic E-state index is 0.0231. The Kier molecular flexibility index (Phi) is 4.05. The molecule has 29 heavy (non-hydrogen) atoms. The summed E-state index contributed by atoms with van der Waals surface area (Å²) in [6.45, 7) is 7.02. The second-order valence-corrected chi connectivity index (χ2v) is 7.47. The Labute approximate surface area is 168 Å². The number of aromatic amines is 1. The number of H-pyrrole nitrogens is 1. The number of pyridine rings is 1. The van der Waals surface area contributed by atoms with Crippen LogP contribution in [0.15, 0.2) is 61.6 Å². The number of aryl methyl sites for hydroxylation is 1. The molecule has 6 nitrogen and oxygen atoms in total. The zero-order valence-corrected chi connectivity index (χ0v) is 16.1. The molecule has 6 heteroatoms. The fourth-order valence-electron chi connectivity index (χ4n) is 4.11. The van der Waals surface area contributed by atoms with Gasteiger partial charge < -0.3 is 10.2 Å². The van der Waals surface area contributed by atoms with E-state index in [9.17, 15) is 4.79 Å². The number of rotatable bonds is 4. The number of anilines is 1. The lowest BCUT2D eigenvalue weighted by Gasteiger charge is -2.39. The molecule has 0 aliphatic carbocycles. The van der Waals surface area contributed by atoms with E-state index in [4.69, 9.17) is 0 Å². The number of hydrogen-bond acceptors (Lipinski definition) is 4. The van der Waals surface area contributed by atoms with Crippen LogP contribution in [-0.4, -0.2) is 45.1 Å². The number of aromatic nitrogens is 3. The number of nitrogens with zero attached hydrogens (tertiary/aromatic N) is 3. The zero-order valence-electron chi connectivity index (χ0n) is 16.1. The van der Waals surface area contributed by atoms with Crippen LogP contribution in [0.2, 0.25) is 0 Å². The molecule has 5 rings (SSSR count). The molecule has 0 unspecified atom stereocenters. The van der Waals surface area contributed by atoms with Crippen molar-refractivity contribution in [2.75, 3.05) is 18.4 Å². The third kappa shape index (κ3) is 2.84. The lowest BCUT2D eigenvalue weighted by molar-refractivity contribution is -0.129. The van der Waals surface area contributed by atoms with Crippen LogP contribution in [0.3, 0.4) is 0 Å². The first-order valence-electron chi connectivity index (χ1n) is 9.63. The number of nitrogens with one attached hydrogen (secondary N) is 2. The fraction of sp³-hybridized carbons (Fsp3) is 0.174. The van der Waals surface area contributed by atoms with Crippen molar-refractivity contribution in [3.05, 3.63) is 67.1 Å². The van der Waals surface area contributed by atoms with Crippen molar-refractivity contribution in [1.29, 1.82) is 0 Å². The molecular formula is C23H21N5O. The Bertz CT molecular complexity index is 1250. The first kappa shape index (κ1) is 17.4. The normalized spacial score (nSPS) is 14.2.